The number of aliphatic hydroxyl groups excluding tert-OH is 1. The Labute approximate surface area is 114 Å². The first-order valence-electron chi connectivity index (χ1n) is 5.96. The van der Waals surface area contributed by atoms with Crippen molar-refractivity contribution < 1.29 is 14.6 Å². The Morgan fingerprint density at radius 1 is 1.61 bits per heavy atom. The normalized spacial score (nSPS) is 16.2. The lowest BCUT2D eigenvalue weighted by molar-refractivity contribution is -0.123. The number of amides is 1. The molecule has 1 atom stereocenters. The average Bonchev–Trinajstić information content (AvgIpc) is 3.11. The molecule has 98 valence electrons. The highest BCUT2D eigenvalue weighted by molar-refractivity contribution is 9.10. The number of rotatable bonds is 5. The van der Waals surface area contributed by atoms with Gasteiger partial charge in [0.15, 0.2) is 6.61 Å². The van der Waals surface area contributed by atoms with Gasteiger partial charge >= 0.3 is 0 Å². The van der Waals surface area contributed by atoms with Crippen molar-refractivity contribution in [3.63, 3.8) is 0 Å². The first-order chi connectivity index (χ1) is 8.56. The van der Waals surface area contributed by atoms with Crippen LogP contribution in [0.3, 0.4) is 0 Å². The number of aliphatic hydroxyl groups is 1. The minimum Gasteiger partial charge on any atom is -0.483 e. The second-order valence-corrected chi connectivity index (χ2v) is 5.40. The SMILES string of the molecule is CC(O)c1cc(Br)ccc1OCC(=O)NC1CC1. The maximum atomic E-state index is 11.5. The average molecular weight is 314 g/mol. The first kappa shape index (κ1) is 13.4. The number of carbonyl (C=O) groups excluding carboxylic acids is 1. The van der Waals surface area contributed by atoms with Crippen LogP contribution in [0.2, 0.25) is 0 Å². The maximum Gasteiger partial charge on any atom is 0.258 e. The molecule has 0 bridgehead atoms. The summed E-state index contributed by atoms with van der Waals surface area (Å²) in [5.41, 5.74) is 0.670. The van der Waals surface area contributed by atoms with Crippen molar-refractivity contribution in [2.24, 2.45) is 0 Å². The molecule has 1 amide bonds. The van der Waals surface area contributed by atoms with E-state index in [9.17, 15) is 9.90 Å². The van der Waals surface area contributed by atoms with Gasteiger partial charge in [0.25, 0.3) is 5.91 Å². The molecule has 0 aromatic heterocycles. The Hall–Kier alpha value is -1.07. The zero-order chi connectivity index (χ0) is 13.1. The van der Waals surface area contributed by atoms with Crippen LogP contribution < -0.4 is 10.1 Å². The third-order valence-corrected chi connectivity index (χ3v) is 3.22. The van der Waals surface area contributed by atoms with Gasteiger partial charge in [0.05, 0.1) is 6.10 Å². The maximum absolute atomic E-state index is 11.5. The first-order valence-corrected chi connectivity index (χ1v) is 6.75. The number of carbonyl (C=O) groups is 1. The molecule has 1 saturated carbocycles. The fourth-order valence-electron chi connectivity index (χ4n) is 1.62. The molecular weight excluding hydrogens is 298 g/mol. The third kappa shape index (κ3) is 3.71. The Balaban J connectivity index is 1.96. The standard InChI is InChI=1S/C13H16BrNO3/c1-8(16)11-6-9(14)2-5-12(11)18-7-13(17)15-10-3-4-10/h2,5-6,8,10,16H,3-4,7H2,1H3,(H,15,17). The zero-order valence-corrected chi connectivity index (χ0v) is 11.7. The molecule has 1 unspecified atom stereocenters. The molecule has 0 spiro atoms. The van der Waals surface area contributed by atoms with Crippen molar-refractivity contribution in [2.75, 3.05) is 6.61 Å². The number of hydrogen-bond acceptors (Lipinski definition) is 3. The van der Waals surface area contributed by atoms with Gasteiger partial charge in [0.1, 0.15) is 5.75 Å². The van der Waals surface area contributed by atoms with E-state index in [1.165, 1.54) is 0 Å². The van der Waals surface area contributed by atoms with Crippen LogP contribution in [0, 0.1) is 0 Å². The van der Waals surface area contributed by atoms with E-state index >= 15 is 0 Å². The molecule has 4 nitrogen and oxygen atoms in total. The second-order valence-electron chi connectivity index (χ2n) is 4.49. The number of hydrogen-bond donors (Lipinski definition) is 2. The van der Waals surface area contributed by atoms with Crippen LogP contribution in [0.15, 0.2) is 22.7 Å². The van der Waals surface area contributed by atoms with Crippen LogP contribution in [0.4, 0.5) is 0 Å². The van der Waals surface area contributed by atoms with Gasteiger partial charge in [0.2, 0.25) is 0 Å². The summed E-state index contributed by atoms with van der Waals surface area (Å²) in [5.74, 6) is 0.427. The highest BCUT2D eigenvalue weighted by Gasteiger charge is 2.23. The molecule has 0 saturated heterocycles. The summed E-state index contributed by atoms with van der Waals surface area (Å²) in [6.45, 7) is 1.65. The van der Waals surface area contributed by atoms with Gasteiger partial charge < -0.3 is 15.2 Å². The van der Waals surface area contributed by atoms with E-state index in [2.05, 4.69) is 21.2 Å². The van der Waals surface area contributed by atoms with Gasteiger partial charge in [-0.3, -0.25) is 4.79 Å². The van der Waals surface area contributed by atoms with Crippen molar-refractivity contribution in [1.82, 2.24) is 5.32 Å². The largest absolute Gasteiger partial charge is 0.483 e. The Morgan fingerprint density at radius 2 is 2.33 bits per heavy atom. The van der Waals surface area contributed by atoms with Crippen molar-refractivity contribution in [3.05, 3.63) is 28.2 Å². The van der Waals surface area contributed by atoms with E-state index < -0.39 is 6.10 Å². The molecule has 1 aromatic rings. The quantitative estimate of drug-likeness (QED) is 0.875. The minimum atomic E-state index is -0.635. The summed E-state index contributed by atoms with van der Waals surface area (Å²) in [7, 11) is 0. The molecule has 1 aliphatic rings. The predicted molar refractivity (Wildman–Crippen MR) is 71.4 cm³/mol. The molecule has 0 radical (unpaired) electrons. The molecule has 1 aromatic carbocycles. The van der Waals surface area contributed by atoms with E-state index in [1.54, 1.807) is 19.1 Å². The lowest BCUT2D eigenvalue weighted by atomic mass is 10.1. The molecule has 0 heterocycles. The summed E-state index contributed by atoms with van der Waals surface area (Å²) < 4.78 is 6.32. The number of halogens is 1. The molecule has 0 aliphatic heterocycles. The molecule has 5 heteroatoms. The monoisotopic (exact) mass is 313 g/mol. The lowest BCUT2D eigenvalue weighted by Gasteiger charge is -2.13. The number of nitrogens with one attached hydrogen (secondary N) is 1. The molecule has 2 rings (SSSR count). The summed E-state index contributed by atoms with van der Waals surface area (Å²) in [5, 5.41) is 12.5. The van der Waals surface area contributed by atoms with Crippen LogP contribution in [-0.4, -0.2) is 23.7 Å². The van der Waals surface area contributed by atoms with Crippen molar-refractivity contribution in [3.8, 4) is 5.75 Å². The zero-order valence-electron chi connectivity index (χ0n) is 10.1. The Morgan fingerprint density at radius 3 is 2.94 bits per heavy atom. The second kappa shape index (κ2) is 5.71. The minimum absolute atomic E-state index is 0.0160. The summed E-state index contributed by atoms with van der Waals surface area (Å²) in [4.78, 5) is 11.5. The topological polar surface area (TPSA) is 58.6 Å². The van der Waals surface area contributed by atoms with Crippen LogP contribution in [0.25, 0.3) is 0 Å². The number of ether oxygens (including phenoxy) is 1. The lowest BCUT2D eigenvalue weighted by Crippen LogP contribution is -2.30. The summed E-state index contributed by atoms with van der Waals surface area (Å²) in [6, 6.07) is 5.69. The predicted octanol–water partition coefficient (Wildman–Crippen LogP) is 2.16. The van der Waals surface area contributed by atoms with Crippen LogP contribution in [0.1, 0.15) is 31.4 Å². The highest BCUT2D eigenvalue weighted by Crippen LogP contribution is 2.28. The van der Waals surface area contributed by atoms with Gasteiger partial charge in [-0.15, -0.1) is 0 Å². The van der Waals surface area contributed by atoms with Gasteiger partial charge in [-0.05, 0) is 38.0 Å². The fourth-order valence-corrected chi connectivity index (χ4v) is 2.00. The third-order valence-electron chi connectivity index (χ3n) is 2.72. The molecule has 1 fully saturated rings. The van der Waals surface area contributed by atoms with E-state index in [-0.39, 0.29) is 12.5 Å². The van der Waals surface area contributed by atoms with Crippen molar-refractivity contribution in [1.29, 1.82) is 0 Å². The van der Waals surface area contributed by atoms with Crippen LogP contribution in [0.5, 0.6) is 5.75 Å². The Kier molecular flexibility index (Phi) is 4.24. The van der Waals surface area contributed by atoms with E-state index in [4.69, 9.17) is 4.74 Å². The van der Waals surface area contributed by atoms with Gasteiger partial charge in [0, 0.05) is 16.1 Å². The fraction of sp³-hybridized carbons (Fsp3) is 0.462. The summed E-state index contributed by atoms with van der Waals surface area (Å²) >= 11 is 3.34. The van der Waals surface area contributed by atoms with Gasteiger partial charge in [-0.2, -0.15) is 0 Å². The molecule has 2 N–H and O–H groups in total. The van der Waals surface area contributed by atoms with E-state index in [1.807, 2.05) is 6.07 Å². The summed E-state index contributed by atoms with van der Waals surface area (Å²) in [6.07, 6.45) is 1.48. The van der Waals surface area contributed by atoms with Gasteiger partial charge in [-0.25, -0.2) is 0 Å². The Bertz CT molecular complexity index is 444. The molecule has 1 aliphatic carbocycles. The smallest absolute Gasteiger partial charge is 0.258 e. The molecular formula is C13H16BrNO3. The van der Waals surface area contributed by atoms with Crippen LogP contribution in [-0.2, 0) is 4.79 Å². The highest BCUT2D eigenvalue weighted by atomic mass is 79.9. The number of benzene rings is 1. The van der Waals surface area contributed by atoms with Crippen molar-refractivity contribution >= 4 is 21.8 Å². The van der Waals surface area contributed by atoms with Crippen LogP contribution >= 0.6 is 15.9 Å². The van der Waals surface area contributed by atoms with E-state index in [0.29, 0.717) is 17.4 Å². The molecule has 18 heavy (non-hydrogen) atoms. The van der Waals surface area contributed by atoms with Gasteiger partial charge in [-0.1, -0.05) is 15.9 Å². The van der Waals surface area contributed by atoms with E-state index in [0.717, 1.165) is 17.3 Å². The van der Waals surface area contributed by atoms with Crippen molar-refractivity contribution in [2.45, 2.75) is 31.9 Å².